The Morgan fingerprint density at radius 3 is 2.62 bits per heavy atom. The van der Waals surface area contributed by atoms with Gasteiger partial charge in [-0.1, -0.05) is 23.7 Å². The van der Waals surface area contributed by atoms with Gasteiger partial charge in [-0.2, -0.15) is 0 Å². The molecule has 26 heavy (non-hydrogen) atoms. The first-order valence-corrected chi connectivity index (χ1v) is 10.4. The van der Waals surface area contributed by atoms with Gasteiger partial charge in [0.25, 0.3) is 0 Å². The van der Waals surface area contributed by atoms with E-state index < -0.39 is 9.84 Å². The Kier molecular flexibility index (Phi) is 5.05. The molecule has 0 saturated carbocycles. The molecule has 3 rings (SSSR count). The van der Waals surface area contributed by atoms with Crippen LogP contribution in [0.2, 0.25) is 10.4 Å². The number of sulfone groups is 1. The van der Waals surface area contributed by atoms with Crippen molar-refractivity contribution in [2.24, 2.45) is 0 Å². The highest BCUT2D eigenvalue weighted by atomic mass is 35.5. The average Bonchev–Trinajstić information content (AvgIpc) is 2.54. The summed E-state index contributed by atoms with van der Waals surface area (Å²) in [7, 11) is -3.31. The van der Waals surface area contributed by atoms with Crippen LogP contribution in [0.3, 0.4) is 0 Å². The molecule has 0 bridgehead atoms. The first-order chi connectivity index (χ1) is 12.2. The zero-order valence-corrected chi connectivity index (χ0v) is 16.6. The molecule has 0 amide bonds. The summed E-state index contributed by atoms with van der Waals surface area (Å²) in [5.74, 6) is 0.501. The van der Waals surface area contributed by atoms with Gasteiger partial charge in [0.05, 0.1) is 22.7 Å². The molecule has 2 heterocycles. The van der Waals surface area contributed by atoms with Crippen LogP contribution in [0.5, 0.6) is 0 Å². The minimum atomic E-state index is -3.31. The highest BCUT2D eigenvalue weighted by molar-refractivity contribution is 7.90. The molecule has 136 valence electrons. The van der Waals surface area contributed by atoms with Gasteiger partial charge in [0.1, 0.15) is 11.0 Å². The zero-order valence-electron chi connectivity index (χ0n) is 14.3. The smallest absolute Gasteiger partial charge is 0.224 e. The minimum Gasteiger partial charge on any atom is -0.363 e. The van der Waals surface area contributed by atoms with Crippen LogP contribution < -0.4 is 5.32 Å². The van der Waals surface area contributed by atoms with E-state index in [1.807, 2.05) is 13.0 Å². The summed E-state index contributed by atoms with van der Waals surface area (Å²) in [6, 6.07) is 6.63. The first-order valence-electron chi connectivity index (χ1n) is 7.71. The van der Waals surface area contributed by atoms with Crippen molar-refractivity contribution in [3.05, 3.63) is 52.0 Å². The van der Waals surface area contributed by atoms with E-state index in [4.69, 9.17) is 23.2 Å². The summed E-state index contributed by atoms with van der Waals surface area (Å²) in [6.07, 6.45) is 2.72. The molecule has 0 spiro atoms. The van der Waals surface area contributed by atoms with E-state index in [2.05, 4.69) is 20.3 Å². The summed E-state index contributed by atoms with van der Waals surface area (Å²) in [5.41, 5.74) is 2.10. The number of halogens is 2. The highest BCUT2D eigenvalue weighted by Gasteiger charge is 2.18. The van der Waals surface area contributed by atoms with Crippen molar-refractivity contribution in [2.45, 2.75) is 24.8 Å². The SMILES string of the molecule is Cc1c(C(C)Nc2nc(Cl)nc3cnc(Cl)cc23)cccc1S(C)(=O)=O. The Balaban J connectivity index is 2.05. The fraction of sp³-hybridized carbons (Fsp3) is 0.235. The van der Waals surface area contributed by atoms with Gasteiger partial charge in [-0.3, -0.25) is 0 Å². The van der Waals surface area contributed by atoms with Gasteiger partial charge >= 0.3 is 0 Å². The highest BCUT2D eigenvalue weighted by Crippen LogP contribution is 2.30. The number of nitrogens with zero attached hydrogens (tertiary/aromatic N) is 3. The van der Waals surface area contributed by atoms with Gasteiger partial charge in [0.2, 0.25) is 5.28 Å². The van der Waals surface area contributed by atoms with E-state index in [0.717, 1.165) is 5.56 Å². The molecule has 1 N–H and O–H groups in total. The maximum Gasteiger partial charge on any atom is 0.224 e. The molecule has 0 aliphatic rings. The van der Waals surface area contributed by atoms with Crippen LogP contribution in [0.4, 0.5) is 5.82 Å². The molecular weight excluding hydrogens is 395 g/mol. The van der Waals surface area contributed by atoms with Crippen LogP contribution in [-0.2, 0) is 9.84 Å². The van der Waals surface area contributed by atoms with Crippen molar-refractivity contribution in [1.29, 1.82) is 0 Å². The molecule has 9 heteroatoms. The molecule has 0 aliphatic carbocycles. The second-order valence-electron chi connectivity index (χ2n) is 5.97. The van der Waals surface area contributed by atoms with Gasteiger partial charge in [-0.25, -0.2) is 23.4 Å². The predicted octanol–water partition coefficient (Wildman–Crippen LogP) is 4.22. The summed E-state index contributed by atoms with van der Waals surface area (Å²) >= 11 is 12.0. The monoisotopic (exact) mass is 410 g/mol. The Bertz CT molecular complexity index is 1100. The van der Waals surface area contributed by atoms with E-state index >= 15 is 0 Å². The molecule has 1 atom stereocenters. The average molecular weight is 411 g/mol. The molecule has 2 aromatic heterocycles. The maximum absolute atomic E-state index is 12.0. The summed E-state index contributed by atoms with van der Waals surface area (Å²) in [6.45, 7) is 3.70. The van der Waals surface area contributed by atoms with Crippen molar-refractivity contribution in [2.75, 3.05) is 11.6 Å². The maximum atomic E-state index is 12.0. The number of pyridine rings is 1. The molecule has 1 unspecified atom stereocenters. The molecule has 0 saturated heterocycles. The number of hydrogen-bond donors (Lipinski definition) is 1. The molecule has 1 aromatic carbocycles. The van der Waals surface area contributed by atoms with E-state index in [1.54, 1.807) is 25.1 Å². The van der Waals surface area contributed by atoms with Crippen LogP contribution in [0.1, 0.15) is 24.1 Å². The van der Waals surface area contributed by atoms with Gasteiger partial charge in [-0.15, -0.1) is 0 Å². The third-order valence-corrected chi connectivity index (χ3v) is 5.68. The quantitative estimate of drug-likeness (QED) is 0.511. The number of aromatic nitrogens is 3. The number of fused-ring (bicyclic) bond motifs is 1. The van der Waals surface area contributed by atoms with Crippen molar-refractivity contribution in [1.82, 2.24) is 15.0 Å². The van der Waals surface area contributed by atoms with Crippen LogP contribution in [-0.4, -0.2) is 29.6 Å². The second-order valence-corrected chi connectivity index (χ2v) is 8.68. The Morgan fingerprint density at radius 2 is 1.92 bits per heavy atom. The van der Waals surface area contributed by atoms with E-state index in [0.29, 0.717) is 32.3 Å². The number of nitrogens with one attached hydrogen (secondary N) is 1. The van der Waals surface area contributed by atoms with Crippen molar-refractivity contribution in [3.8, 4) is 0 Å². The van der Waals surface area contributed by atoms with Crippen LogP contribution >= 0.6 is 23.2 Å². The summed E-state index contributed by atoms with van der Waals surface area (Å²) in [5, 5.41) is 4.35. The third kappa shape index (κ3) is 3.75. The standard InChI is InChI=1S/C17H16Cl2N4O2S/c1-9-11(5-4-6-14(9)26(3,24)25)10(2)21-16-12-7-15(18)20-8-13(12)22-17(19)23-16/h4-8,10H,1-3H3,(H,21,22,23). The van der Waals surface area contributed by atoms with E-state index in [1.165, 1.54) is 12.5 Å². The minimum absolute atomic E-state index is 0.0814. The van der Waals surface area contributed by atoms with Crippen LogP contribution in [0.25, 0.3) is 10.9 Å². The van der Waals surface area contributed by atoms with Gasteiger partial charge in [-0.05, 0) is 48.7 Å². The zero-order chi connectivity index (χ0) is 19.1. The summed E-state index contributed by atoms with van der Waals surface area (Å²) in [4.78, 5) is 12.7. The molecule has 3 aromatic rings. The molecule has 0 fully saturated rings. The fourth-order valence-electron chi connectivity index (χ4n) is 2.87. The van der Waals surface area contributed by atoms with E-state index in [-0.39, 0.29) is 11.3 Å². The number of benzene rings is 1. The number of rotatable bonds is 4. The van der Waals surface area contributed by atoms with Crippen molar-refractivity contribution in [3.63, 3.8) is 0 Å². The van der Waals surface area contributed by atoms with Gasteiger partial charge in [0.15, 0.2) is 9.84 Å². The van der Waals surface area contributed by atoms with Crippen molar-refractivity contribution >= 4 is 49.8 Å². The normalized spacial score (nSPS) is 13.0. The molecule has 6 nitrogen and oxygen atoms in total. The summed E-state index contributed by atoms with van der Waals surface area (Å²) < 4.78 is 23.9. The molecular formula is C17H16Cl2N4O2S. The Morgan fingerprint density at radius 1 is 1.19 bits per heavy atom. The first kappa shape index (κ1) is 18.8. The van der Waals surface area contributed by atoms with Crippen LogP contribution in [0, 0.1) is 6.92 Å². The van der Waals surface area contributed by atoms with Gasteiger partial charge < -0.3 is 5.32 Å². The lowest BCUT2D eigenvalue weighted by Crippen LogP contribution is -2.12. The second kappa shape index (κ2) is 6.98. The van der Waals surface area contributed by atoms with Crippen molar-refractivity contribution < 1.29 is 8.42 Å². The van der Waals surface area contributed by atoms with E-state index in [9.17, 15) is 8.42 Å². The third-order valence-electron chi connectivity index (χ3n) is 4.07. The predicted molar refractivity (Wildman–Crippen MR) is 104 cm³/mol. The topological polar surface area (TPSA) is 84.8 Å². The Labute approximate surface area is 161 Å². The Hall–Kier alpha value is -1.96. The van der Waals surface area contributed by atoms with Crippen LogP contribution in [0.15, 0.2) is 35.4 Å². The van der Waals surface area contributed by atoms with Gasteiger partial charge in [0, 0.05) is 11.6 Å². The fourth-order valence-corrected chi connectivity index (χ4v) is 4.21. The number of hydrogen-bond acceptors (Lipinski definition) is 6. The molecule has 0 aliphatic heterocycles. The largest absolute Gasteiger partial charge is 0.363 e. The lowest BCUT2D eigenvalue weighted by Gasteiger charge is -2.19. The lowest BCUT2D eigenvalue weighted by molar-refractivity contribution is 0.601. The number of anilines is 1. The lowest BCUT2D eigenvalue weighted by atomic mass is 10.0. The molecule has 0 radical (unpaired) electrons.